The second-order valence-corrected chi connectivity index (χ2v) is 7.15. The van der Waals surface area contributed by atoms with E-state index in [1.165, 1.54) is 0 Å². The largest absolute Gasteiger partial charge is 0.481 e. The van der Waals surface area contributed by atoms with Crippen molar-refractivity contribution in [3.8, 4) is 5.75 Å². The predicted molar refractivity (Wildman–Crippen MR) is 106 cm³/mol. The minimum Gasteiger partial charge on any atom is -0.481 e. The Morgan fingerprint density at radius 3 is 2.78 bits per heavy atom. The molecule has 0 saturated carbocycles. The summed E-state index contributed by atoms with van der Waals surface area (Å²) >= 11 is 6.10. The molecule has 0 aromatic heterocycles. The average molecular weight is 387 g/mol. The first-order valence-corrected chi connectivity index (χ1v) is 9.44. The number of halogens is 1. The van der Waals surface area contributed by atoms with Crippen molar-refractivity contribution >= 4 is 29.1 Å². The molecule has 0 fully saturated rings. The van der Waals surface area contributed by atoms with Crippen LogP contribution in [0.1, 0.15) is 43.1 Å². The molecule has 0 radical (unpaired) electrons. The smallest absolute Gasteiger partial charge is 0.263 e. The molecule has 1 N–H and O–H groups in total. The van der Waals surface area contributed by atoms with Crippen molar-refractivity contribution in [1.82, 2.24) is 4.90 Å². The fourth-order valence-electron chi connectivity index (χ4n) is 3.07. The number of amides is 2. The molecule has 2 aromatic carbocycles. The molecule has 6 heteroatoms. The Hall–Kier alpha value is -2.53. The van der Waals surface area contributed by atoms with E-state index in [0.29, 0.717) is 28.6 Å². The second kappa shape index (κ2) is 8.01. The maximum Gasteiger partial charge on any atom is 0.263 e. The Bertz CT molecular complexity index is 868. The third kappa shape index (κ3) is 4.08. The number of hydrogen-bond acceptors (Lipinski definition) is 3. The first-order chi connectivity index (χ1) is 12.9. The van der Waals surface area contributed by atoms with Crippen LogP contribution >= 0.6 is 11.6 Å². The van der Waals surface area contributed by atoms with Gasteiger partial charge in [-0.3, -0.25) is 9.59 Å². The van der Waals surface area contributed by atoms with Gasteiger partial charge in [0.05, 0.1) is 10.6 Å². The number of carbonyl (C=O) groups excluding carboxylic acids is 2. The van der Waals surface area contributed by atoms with Gasteiger partial charge < -0.3 is 15.0 Å². The summed E-state index contributed by atoms with van der Waals surface area (Å²) in [5.41, 5.74) is 1.91. The number of rotatable bonds is 4. The summed E-state index contributed by atoms with van der Waals surface area (Å²) in [4.78, 5) is 26.9. The Morgan fingerprint density at radius 1 is 1.33 bits per heavy atom. The molecule has 27 heavy (non-hydrogen) atoms. The standard InChI is InChI=1S/C21H23ClN2O3/c1-4-13(2)24-12-15-11-16(9-10-19(15)27-14(3)21(24)26)23-20(25)17-7-5-6-8-18(17)22/h5-11,13-14H,4,12H2,1-3H3,(H,23,25)/t13-,14-/m1/s1. The van der Waals surface area contributed by atoms with E-state index in [1.807, 2.05) is 17.9 Å². The molecule has 5 nitrogen and oxygen atoms in total. The predicted octanol–water partition coefficient (Wildman–Crippen LogP) is 4.50. The van der Waals surface area contributed by atoms with Crippen LogP contribution in [0.4, 0.5) is 5.69 Å². The Balaban J connectivity index is 1.87. The minimum absolute atomic E-state index is 0.0257. The fraction of sp³-hybridized carbons (Fsp3) is 0.333. The molecule has 0 saturated heterocycles. The quantitative estimate of drug-likeness (QED) is 0.841. The highest BCUT2D eigenvalue weighted by atomic mass is 35.5. The van der Waals surface area contributed by atoms with Crippen LogP contribution in [-0.2, 0) is 11.3 Å². The lowest BCUT2D eigenvalue weighted by Crippen LogP contribution is -2.42. The molecule has 2 atom stereocenters. The first-order valence-electron chi connectivity index (χ1n) is 9.06. The average Bonchev–Trinajstić information content (AvgIpc) is 2.78. The van der Waals surface area contributed by atoms with Gasteiger partial charge in [-0.15, -0.1) is 0 Å². The van der Waals surface area contributed by atoms with E-state index in [-0.39, 0.29) is 17.9 Å². The maximum absolute atomic E-state index is 12.6. The summed E-state index contributed by atoms with van der Waals surface area (Å²) in [5.74, 6) is 0.359. The highest BCUT2D eigenvalue weighted by molar-refractivity contribution is 6.34. The van der Waals surface area contributed by atoms with Crippen LogP contribution in [0.15, 0.2) is 42.5 Å². The van der Waals surface area contributed by atoms with Crippen molar-refractivity contribution in [2.45, 2.75) is 45.9 Å². The minimum atomic E-state index is -0.538. The molecule has 2 aromatic rings. The lowest BCUT2D eigenvalue weighted by Gasteiger charge is -2.28. The maximum atomic E-state index is 12.6. The molecule has 0 bridgehead atoms. The number of benzene rings is 2. The van der Waals surface area contributed by atoms with Gasteiger partial charge in [-0.25, -0.2) is 0 Å². The number of fused-ring (bicyclic) bond motifs is 1. The zero-order valence-electron chi connectivity index (χ0n) is 15.7. The SMILES string of the molecule is CC[C@@H](C)N1Cc2cc(NC(=O)c3ccccc3Cl)ccc2O[C@H](C)C1=O. The van der Waals surface area contributed by atoms with Crippen LogP contribution in [0.25, 0.3) is 0 Å². The van der Waals surface area contributed by atoms with Gasteiger partial charge in [-0.2, -0.15) is 0 Å². The molecular weight excluding hydrogens is 364 g/mol. The van der Waals surface area contributed by atoms with Gasteiger partial charge in [0.1, 0.15) is 5.75 Å². The number of carbonyl (C=O) groups is 2. The Labute approximate surface area is 164 Å². The molecule has 3 rings (SSSR count). The lowest BCUT2D eigenvalue weighted by molar-refractivity contribution is -0.139. The molecule has 2 amide bonds. The molecule has 142 valence electrons. The molecule has 0 aliphatic carbocycles. The summed E-state index contributed by atoms with van der Waals surface area (Å²) in [6.45, 7) is 6.29. The summed E-state index contributed by atoms with van der Waals surface area (Å²) in [6.07, 6.45) is 0.320. The van der Waals surface area contributed by atoms with E-state index in [1.54, 1.807) is 43.3 Å². The van der Waals surface area contributed by atoms with Crippen LogP contribution in [0, 0.1) is 0 Å². The monoisotopic (exact) mass is 386 g/mol. The van der Waals surface area contributed by atoms with E-state index in [4.69, 9.17) is 16.3 Å². The summed E-state index contributed by atoms with van der Waals surface area (Å²) in [6, 6.07) is 12.4. The number of ether oxygens (including phenoxy) is 1. The van der Waals surface area contributed by atoms with Crippen LogP contribution in [0.3, 0.4) is 0 Å². The highest BCUT2D eigenvalue weighted by Crippen LogP contribution is 2.30. The van der Waals surface area contributed by atoms with Crippen molar-refractivity contribution in [3.05, 3.63) is 58.6 Å². The normalized spacial score (nSPS) is 17.6. The van der Waals surface area contributed by atoms with Gasteiger partial charge in [0.2, 0.25) is 0 Å². The van der Waals surface area contributed by atoms with E-state index in [9.17, 15) is 9.59 Å². The second-order valence-electron chi connectivity index (χ2n) is 6.74. The molecule has 1 aliphatic heterocycles. The van der Waals surface area contributed by atoms with Gasteiger partial charge in [0.25, 0.3) is 11.8 Å². The van der Waals surface area contributed by atoms with E-state index < -0.39 is 6.10 Å². The van der Waals surface area contributed by atoms with Crippen molar-refractivity contribution < 1.29 is 14.3 Å². The number of nitrogens with one attached hydrogen (secondary N) is 1. The summed E-state index contributed by atoms with van der Waals surface area (Å²) in [5, 5.41) is 3.27. The van der Waals surface area contributed by atoms with Gasteiger partial charge in [-0.05, 0) is 50.6 Å². The third-order valence-electron chi connectivity index (χ3n) is 4.83. The number of anilines is 1. The van der Waals surface area contributed by atoms with Gasteiger partial charge in [-0.1, -0.05) is 30.7 Å². The molecule has 0 unspecified atom stereocenters. The van der Waals surface area contributed by atoms with Crippen molar-refractivity contribution in [3.63, 3.8) is 0 Å². The third-order valence-corrected chi connectivity index (χ3v) is 5.16. The van der Waals surface area contributed by atoms with Crippen molar-refractivity contribution in [2.75, 3.05) is 5.32 Å². The zero-order chi connectivity index (χ0) is 19.6. The van der Waals surface area contributed by atoms with Gasteiger partial charge in [0.15, 0.2) is 6.10 Å². The van der Waals surface area contributed by atoms with Crippen LogP contribution < -0.4 is 10.1 Å². The highest BCUT2D eigenvalue weighted by Gasteiger charge is 2.30. The Morgan fingerprint density at radius 2 is 2.07 bits per heavy atom. The Kier molecular flexibility index (Phi) is 5.71. The molecule has 0 spiro atoms. The summed E-state index contributed by atoms with van der Waals surface area (Å²) < 4.78 is 5.83. The van der Waals surface area contributed by atoms with Crippen molar-refractivity contribution in [2.24, 2.45) is 0 Å². The van der Waals surface area contributed by atoms with Gasteiger partial charge in [0, 0.05) is 23.8 Å². The topological polar surface area (TPSA) is 58.6 Å². The zero-order valence-corrected chi connectivity index (χ0v) is 16.4. The molecule has 1 heterocycles. The first kappa shape index (κ1) is 19.2. The van der Waals surface area contributed by atoms with Crippen molar-refractivity contribution in [1.29, 1.82) is 0 Å². The molecule has 1 aliphatic rings. The van der Waals surface area contributed by atoms with E-state index in [2.05, 4.69) is 12.2 Å². The van der Waals surface area contributed by atoms with E-state index >= 15 is 0 Å². The van der Waals surface area contributed by atoms with Gasteiger partial charge >= 0.3 is 0 Å². The van der Waals surface area contributed by atoms with E-state index in [0.717, 1.165) is 12.0 Å². The summed E-state index contributed by atoms with van der Waals surface area (Å²) in [7, 11) is 0. The number of hydrogen-bond donors (Lipinski definition) is 1. The van der Waals surface area contributed by atoms with Crippen LogP contribution in [0.5, 0.6) is 5.75 Å². The lowest BCUT2D eigenvalue weighted by atomic mass is 10.1. The van der Waals surface area contributed by atoms with Crippen LogP contribution in [0.2, 0.25) is 5.02 Å². The van der Waals surface area contributed by atoms with Crippen LogP contribution in [-0.4, -0.2) is 28.9 Å². The molecular formula is C21H23ClN2O3. The fourth-order valence-corrected chi connectivity index (χ4v) is 3.29. The number of nitrogens with zero attached hydrogens (tertiary/aromatic N) is 1.